The van der Waals surface area contributed by atoms with Crippen molar-refractivity contribution in [3.05, 3.63) is 83.1 Å². The molecule has 1 fully saturated rings. The summed E-state index contributed by atoms with van der Waals surface area (Å²) >= 11 is 0. The zero-order chi connectivity index (χ0) is 33.9. The van der Waals surface area contributed by atoms with Crippen LogP contribution >= 0.6 is 0 Å². The second-order valence-corrected chi connectivity index (χ2v) is 12.9. The van der Waals surface area contributed by atoms with E-state index < -0.39 is 35.9 Å². The van der Waals surface area contributed by atoms with E-state index >= 15 is 0 Å². The normalized spacial score (nSPS) is 30.5. The van der Waals surface area contributed by atoms with E-state index in [0.717, 1.165) is 35.2 Å². The summed E-state index contributed by atoms with van der Waals surface area (Å²) in [7, 11) is 0. The van der Waals surface area contributed by atoms with Crippen LogP contribution in [0.25, 0.3) is 0 Å². The molecule has 2 heterocycles. The van der Waals surface area contributed by atoms with Gasteiger partial charge in [-0.1, -0.05) is 75.4 Å². The number of nitrogens with one attached hydrogen (secondary N) is 1. The predicted octanol–water partition coefficient (Wildman–Crippen LogP) is 6.02. The first kappa shape index (κ1) is 37.2. The van der Waals surface area contributed by atoms with Crippen molar-refractivity contribution < 1.29 is 38.9 Å². The highest BCUT2D eigenvalue weighted by Gasteiger charge is 2.41. The number of carbonyl (C=O) groups is 2. The molecule has 2 aliphatic rings. The molecule has 254 valence electrons. The number of rotatable bonds is 12. The van der Waals surface area contributed by atoms with Gasteiger partial charge >= 0.3 is 11.9 Å². The second kappa shape index (κ2) is 17.6. The third-order valence-electron chi connectivity index (χ3n) is 8.58. The largest absolute Gasteiger partial charge is 0.457 e. The molecule has 2 aliphatic heterocycles. The summed E-state index contributed by atoms with van der Waals surface area (Å²) in [6, 6.07) is 10.0. The molecule has 0 aromatic heterocycles. The summed E-state index contributed by atoms with van der Waals surface area (Å²) in [6.07, 6.45) is 8.94. The van der Waals surface area contributed by atoms with E-state index in [0.29, 0.717) is 6.61 Å². The molecule has 8 unspecified atom stereocenters. The molecule has 3 N–H and O–H groups in total. The van der Waals surface area contributed by atoms with Crippen molar-refractivity contribution in [1.82, 2.24) is 5.48 Å². The Balaban J connectivity index is 1.61. The lowest BCUT2D eigenvalue weighted by Crippen LogP contribution is -2.42. The fourth-order valence-electron chi connectivity index (χ4n) is 5.65. The van der Waals surface area contributed by atoms with Crippen molar-refractivity contribution in [2.45, 2.75) is 123 Å². The van der Waals surface area contributed by atoms with Crippen molar-refractivity contribution in [2.75, 3.05) is 0 Å². The van der Waals surface area contributed by atoms with E-state index in [9.17, 15) is 19.8 Å². The first-order valence-corrected chi connectivity index (χ1v) is 16.4. The van der Waals surface area contributed by atoms with Gasteiger partial charge in [-0.25, -0.2) is 0 Å². The maximum absolute atomic E-state index is 12.7. The minimum atomic E-state index is -1.41. The molecule has 3 rings (SSSR count). The van der Waals surface area contributed by atoms with Crippen LogP contribution in [0.5, 0.6) is 0 Å². The maximum atomic E-state index is 12.7. The van der Waals surface area contributed by atoms with Gasteiger partial charge in [0.25, 0.3) is 0 Å². The Labute approximate surface area is 274 Å². The molecule has 0 amide bonds. The highest BCUT2D eigenvalue weighted by Crippen LogP contribution is 2.36. The number of allylic oxidation sites excluding steroid dienone is 4. The lowest BCUT2D eigenvalue weighted by Gasteiger charge is -2.32. The molecule has 0 radical (unpaired) electrons. The van der Waals surface area contributed by atoms with E-state index in [1.807, 2.05) is 56.3 Å². The van der Waals surface area contributed by atoms with Crippen LogP contribution in [-0.4, -0.2) is 58.3 Å². The van der Waals surface area contributed by atoms with E-state index in [1.165, 1.54) is 6.92 Å². The third-order valence-corrected chi connectivity index (χ3v) is 8.58. The van der Waals surface area contributed by atoms with E-state index in [2.05, 4.69) is 32.3 Å². The van der Waals surface area contributed by atoms with E-state index in [1.54, 1.807) is 19.1 Å². The Morgan fingerprint density at radius 1 is 1.17 bits per heavy atom. The fourth-order valence-corrected chi connectivity index (χ4v) is 5.65. The fraction of sp³-hybridized carbons (Fsp3) is 0.568. The van der Waals surface area contributed by atoms with Crippen LogP contribution in [0.2, 0.25) is 0 Å². The average molecular weight is 640 g/mol. The number of epoxide rings is 1. The Bertz CT molecular complexity index is 1270. The number of benzene rings is 1. The number of hydroxylamine groups is 1. The molecule has 0 bridgehead atoms. The van der Waals surface area contributed by atoms with Gasteiger partial charge in [-0.3, -0.25) is 19.9 Å². The van der Waals surface area contributed by atoms with Gasteiger partial charge in [0.1, 0.15) is 23.9 Å². The van der Waals surface area contributed by atoms with Crippen molar-refractivity contribution in [3.63, 3.8) is 0 Å². The van der Waals surface area contributed by atoms with Crippen LogP contribution in [0.3, 0.4) is 0 Å². The molecule has 0 saturated carbocycles. The number of carbonyl (C=O) groups excluding carboxylic acids is 2. The van der Waals surface area contributed by atoms with Crippen molar-refractivity contribution in [2.24, 2.45) is 11.8 Å². The molecular weight excluding hydrogens is 586 g/mol. The number of ether oxygens (including phenoxy) is 3. The number of aliphatic hydroxyl groups is 2. The van der Waals surface area contributed by atoms with Crippen LogP contribution in [0, 0.1) is 11.8 Å². The number of esters is 2. The standard InChI is InChI=1S/C37H53NO8/c1-8-31(38-43-23-29-15-10-9-11-16-29)27(5)36-32(45-36)21-24(2)13-12-14-25(3)35-26(4)17-18-33(44-28(6)39)37(7,42)20-19-30(40)22-34(41)46-35/h9-18,24,26,30,32-33,35-36,38,40,42H,8,19-23H2,1-7H3. The highest BCUT2D eigenvalue weighted by molar-refractivity contribution is 5.70. The van der Waals surface area contributed by atoms with Crippen LogP contribution in [0.15, 0.2) is 77.6 Å². The smallest absolute Gasteiger partial charge is 0.309 e. The molecule has 0 spiro atoms. The van der Waals surface area contributed by atoms with Gasteiger partial charge in [-0.05, 0) is 75.2 Å². The SMILES string of the molecule is CCC(NOCc1ccccc1)=C(C)C1OC1CC(C)C=CC=C(C)C1OC(=O)CC(O)CCC(C)(O)C(OC(C)=O)C=CC1C. The lowest BCUT2D eigenvalue weighted by molar-refractivity contribution is -0.157. The summed E-state index contributed by atoms with van der Waals surface area (Å²) < 4.78 is 17.3. The zero-order valence-electron chi connectivity index (χ0n) is 28.4. The first-order valence-electron chi connectivity index (χ1n) is 16.4. The van der Waals surface area contributed by atoms with Crippen LogP contribution in [-0.2, 0) is 35.2 Å². The molecule has 1 saturated heterocycles. The Morgan fingerprint density at radius 3 is 2.57 bits per heavy atom. The van der Waals surface area contributed by atoms with Gasteiger partial charge in [-0.2, -0.15) is 0 Å². The van der Waals surface area contributed by atoms with Gasteiger partial charge in [0.15, 0.2) is 0 Å². The topological polar surface area (TPSA) is 127 Å². The van der Waals surface area contributed by atoms with Crippen LogP contribution < -0.4 is 5.48 Å². The van der Waals surface area contributed by atoms with E-state index in [4.69, 9.17) is 19.0 Å². The molecular formula is C37H53NO8. The summed E-state index contributed by atoms with van der Waals surface area (Å²) in [5.74, 6) is -1.06. The Hall–Kier alpha value is -3.24. The van der Waals surface area contributed by atoms with Crippen molar-refractivity contribution >= 4 is 11.9 Å². The van der Waals surface area contributed by atoms with Gasteiger partial charge in [0.05, 0.1) is 25.2 Å². The number of hydrogen-bond acceptors (Lipinski definition) is 9. The molecule has 1 aromatic carbocycles. The quantitative estimate of drug-likeness (QED) is 0.0827. The average Bonchev–Trinajstić information content (AvgIpc) is 3.77. The molecule has 9 heteroatoms. The maximum Gasteiger partial charge on any atom is 0.309 e. The highest BCUT2D eigenvalue weighted by atomic mass is 16.6. The number of cyclic esters (lactones) is 1. The number of aliphatic hydroxyl groups excluding tert-OH is 1. The summed E-state index contributed by atoms with van der Waals surface area (Å²) in [5, 5.41) is 21.4. The van der Waals surface area contributed by atoms with Crippen LogP contribution in [0.1, 0.15) is 86.1 Å². The lowest BCUT2D eigenvalue weighted by atomic mass is 9.88. The van der Waals surface area contributed by atoms with Crippen molar-refractivity contribution in [1.29, 1.82) is 0 Å². The van der Waals surface area contributed by atoms with Crippen LogP contribution in [0.4, 0.5) is 0 Å². The number of hydrogen-bond donors (Lipinski definition) is 3. The van der Waals surface area contributed by atoms with Gasteiger partial charge in [0, 0.05) is 18.5 Å². The molecule has 1 aromatic rings. The molecule has 9 nitrogen and oxygen atoms in total. The Morgan fingerprint density at radius 2 is 1.89 bits per heavy atom. The molecule has 46 heavy (non-hydrogen) atoms. The Kier molecular flexibility index (Phi) is 14.3. The summed E-state index contributed by atoms with van der Waals surface area (Å²) in [6.45, 7) is 13.4. The predicted molar refractivity (Wildman–Crippen MR) is 177 cm³/mol. The van der Waals surface area contributed by atoms with Gasteiger partial charge in [-0.15, -0.1) is 0 Å². The molecule has 0 aliphatic carbocycles. The van der Waals surface area contributed by atoms with Gasteiger partial charge < -0.3 is 24.4 Å². The summed E-state index contributed by atoms with van der Waals surface area (Å²) in [4.78, 5) is 30.2. The monoisotopic (exact) mass is 639 g/mol. The minimum absolute atomic E-state index is 0.0612. The van der Waals surface area contributed by atoms with Crippen molar-refractivity contribution in [3.8, 4) is 0 Å². The van der Waals surface area contributed by atoms with E-state index in [-0.39, 0.29) is 43.3 Å². The molecule has 8 atom stereocenters. The minimum Gasteiger partial charge on any atom is -0.457 e. The third kappa shape index (κ3) is 11.8. The first-order chi connectivity index (χ1) is 21.8. The van der Waals surface area contributed by atoms with Gasteiger partial charge in [0.2, 0.25) is 0 Å². The summed E-state index contributed by atoms with van der Waals surface area (Å²) in [5.41, 5.74) is 5.83. The second-order valence-electron chi connectivity index (χ2n) is 12.9. The zero-order valence-corrected chi connectivity index (χ0v) is 28.4.